The number of carboxylic acids is 1. The zero-order valence-corrected chi connectivity index (χ0v) is 12.4. The van der Waals surface area contributed by atoms with Gasteiger partial charge in [-0.1, -0.05) is 0 Å². The molecule has 0 bridgehead atoms. The lowest BCUT2D eigenvalue weighted by Gasteiger charge is -2.15. The van der Waals surface area contributed by atoms with Crippen LogP contribution >= 0.6 is 0 Å². The van der Waals surface area contributed by atoms with Crippen molar-refractivity contribution in [2.24, 2.45) is 0 Å². The van der Waals surface area contributed by atoms with E-state index in [1.165, 1.54) is 20.3 Å². The quantitative estimate of drug-likeness (QED) is 0.397. The van der Waals surface area contributed by atoms with Crippen molar-refractivity contribution in [1.82, 2.24) is 0 Å². The predicted molar refractivity (Wildman–Crippen MR) is 78.6 cm³/mol. The Hall–Kier alpha value is -2.54. The third-order valence-corrected chi connectivity index (χ3v) is 2.56. The van der Waals surface area contributed by atoms with Gasteiger partial charge in [0.15, 0.2) is 11.5 Å². The smallest absolute Gasteiger partial charge is 0.328 e. The first kappa shape index (κ1) is 17.5. The van der Waals surface area contributed by atoms with E-state index < -0.39 is 5.97 Å². The molecule has 0 aromatic heterocycles. The number of hydrogen-bond acceptors (Lipinski definition) is 6. The van der Waals surface area contributed by atoms with Crippen LogP contribution in [0.2, 0.25) is 0 Å². The fourth-order valence-electron chi connectivity index (χ4n) is 1.64. The number of aldehydes is 1. The third-order valence-electron chi connectivity index (χ3n) is 2.56. The fraction of sp³-hybridized carbons (Fsp3) is 0.333. The molecule has 0 aliphatic carbocycles. The number of hydrogen-bond donors (Lipinski definition) is 1. The van der Waals surface area contributed by atoms with E-state index in [9.17, 15) is 9.59 Å². The van der Waals surface area contributed by atoms with Crippen molar-refractivity contribution < 1.29 is 33.6 Å². The van der Waals surface area contributed by atoms with E-state index in [1.807, 2.05) is 0 Å². The standard InChI is InChI=1S/C15H18O7/c1-19-12-9-11(3-4-14(17)18)10-13(20-2)15(12)22-8-7-21-6-5-16/h3-5,9-10H,6-8H2,1-2H3,(H,17,18). The summed E-state index contributed by atoms with van der Waals surface area (Å²) in [4.78, 5) is 20.7. The molecule has 22 heavy (non-hydrogen) atoms. The molecule has 0 saturated heterocycles. The summed E-state index contributed by atoms with van der Waals surface area (Å²) in [7, 11) is 2.93. The maximum Gasteiger partial charge on any atom is 0.328 e. The van der Waals surface area contributed by atoms with Gasteiger partial charge in [0.25, 0.3) is 0 Å². The normalized spacial score (nSPS) is 10.5. The largest absolute Gasteiger partial charge is 0.493 e. The van der Waals surface area contributed by atoms with Gasteiger partial charge < -0.3 is 28.8 Å². The number of rotatable bonds is 10. The highest BCUT2D eigenvalue weighted by Gasteiger charge is 2.13. The van der Waals surface area contributed by atoms with Gasteiger partial charge in [0, 0.05) is 6.08 Å². The van der Waals surface area contributed by atoms with Crippen LogP contribution in [-0.2, 0) is 14.3 Å². The lowest BCUT2D eigenvalue weighted by atomic mass is 10.1. The maximum atomic E-state index is 10.6. The molecule has 1 aromatic rings. The molecule has 0 atom stereocenters. The van der Waals surface area contributed by atoms with E-state index in [-0.39, 0.29) is 19.8 Å². The Morgan fingerprint density at radius 3 is 2.32 bits per heavy atom. The minimum Gasteiger partial charge on any atom is -0.493 e. The maximum absolute atomic E-state index is 10.6. The zero-order chi connectivity index (χ0) is 16.4. The molecule has 7 heteroatoms. The SMILES string of the molecule is COc1cc(C=CC(=O)O)cc(OC)c1OCCOCC=O. The second-order valence-corrected chi connectivity index (χ2v) is 4.02. The van der Waals surface area contributed by atoms with Crippen LogP contribution < -0.4 is 14.2 Å². The molecular weight excluding hydrogens is 292 g/mol. The highest BCUT2D eigenvalue weighted by molar-refractivity contribution is 5.85. The molecular formula is C15H18O7. The Balaban J connectivity index is 2.90. The fourth-order valence-corrected chi connectivity index (χ4v) is 1.64. The molecule has 0 fully saturated rings. The molecule has 0 aliphatic rings. The van der Waals surface area contributed by atoms with Crippen molar-refractivity contribution in [3.63, 3.8) is 0 Å². The summed E-state index contributed by atoms with van der Waals surface area (Å²) in [6.07, 6.45) is 3.09. The third kappa shape index (κ3) is 5.45. The van der Waals surface area contributed by atoms with Crippen molar-refractivity contribution in [3.05, 3.63) is 23.8 Å². The lowest BCUT2D eigenvalue weighted by Crippen LogP contribution is -2.09. The number of carbonyl (C=O) groups is 2. The summed E-state index contributed by atoms with van der Waals surface area (Å²) in [6, 6.07) is 3.26. The molecule has 0 aliphatic heterocycles. The van der Waals surface area contributed by atoms with Crippen LogP contribution in [0.15, 0.2) is 18.2 Å². The van der Waals surface area contributed by atoms with Gasteiger partial charge in [0.05, 0.1) is 20.8 Å². The number of carboxylic acid groups (broad SMARTS) is 1. The first-order chi connectivity index (χ1) is 10.6. The molecule has 0 unspecified atom stereocenters. The van der Waals surface area contributed by atoms with Gasteiger partial charge in [0.2, 0.25) is 5.75 Å². The Kier molecular flexibility index (Phi) is 7.49. The summed E-state index contributed by atoms with van der Waals surface area (Å²) < 4.78 is 21.0. The van der Waals surface area contributed by atoms with Gasteiger partial charge >= 0.3 is 5.97 Å². The highest BCUT2D eigenvalue weighted by atomic mass is 16.6. The van der Waals surface area contributed by atoms with E-state index in [0.717, 1.165) is 6.08 Å². The van der Waals surface area contributed by atoms with Crippen LogP contribution in [0.25, 0.3) is 6.08 Å². The Labute approximate surface area is 128 Å². The zero-order valence-electron chi connectivity index (χ0n) is 12.4. The Morgan fingerprint density at radius 1 is 1.18 bits per heavy atom. The molecule has 0 heterocycles. The number of carbonyl (C=O) groups excluding carboxylic acids is 1. The summed E-state index contributed by atoms with van der Waals surface area (Å²) in [6.45, 7) is 0.465. The summed E-state index contributed by atoms with van der Waals surface area (Å²) in [5.41, 5.74) is 0.598. The molecule has 1 aromatic carbocycles. The predicted octanol–water partition coefficient (Wildman–Crippen LogP) is 1.40. The molecule has 1 N–H and O–H groups in total. The van der Waals surface area contributed by atoms with Crippen LogP contribution in [0, 0.1) is 0 Å². The topological polar surface area (TPSA) is 91.3 Å². The van der Waals surface area contributed by atoms with Crippen LogP contribution in [0.5, 0.6) is 17.2 Å². The minimum absolute atomic E-state index is 0.0105. The van der Waals surface area contributed by atoms with E-state index in [2.05, 4.69) is 0 Å². The number of ether oxygens (including phenoxy) is 4. The average molecular weight is 310 g/mol. The molecule has 0 radical (unpaired) electrons. The molecule has 1 rings (SSSR count). The van der Waals surface area contributed by atoms with Gasteiger partial charge in [-0.25, -0.2) is 4.79 Å². The van der Waals surface area contributed by atoms with Crippen LogP contribution in [0.4, 0.5) is 0 Å². The van der Waals surface area contributed by atoms with Crippen LogP contribution in [-0.4, -0.2) is 51.4 Å². The van der Waals surface area contributed by atoms with Crippen molar-refractivity contribution in [3.8, 4) is 17.2 Å². The molecule has 120 valence electrons. The highest BCUT2D eigenvalue weighted by Crippen LogP contribution is 2.38. The summed E-state index contributed by atoms with van der Waals surface area (Å²) in [5, 5.41) is 8.66. The second kappa shape index (κ2) is 9.41. The van der Waals surface area contributed by atoms with Gasteiger partial charge in [-0.2, -0.15) is 0 Å². The van der Waals surface area contributed by atoms with Crippen molar-refractivity contribution in [2.45, 2.75) is 0 Å². The van der Waals surface area contributed by atoms with E-state index >= 15 is 0 Å². The Bertz CT molecular complexity index is 512. The first-order valence-corrected chi connectivity index (χ1v) is 6.43. The van der Waals surface area contributed by atoms with Gasteiger partial charge in [-0.05, 0) is 23.8 Å². The Morgan fingerprint density at radius 2 is 1.82 bits per heavy atom. The lowest BCUT2D eigenvalue weighted by molar-refractivity contribution is -0.131. The van der Waals surface area contributed by atoms with Gasteiger partial charge in [-0.15, -0.1) is 0 Å². The van der Waals surface area contributed by atoms with Gasteiger partial charge in [-0.3, -0.25) is 0 Å². The van der Waals surface area contributed by atoms with Crippen molar-refractivity contribution >= 4 is 18.3 Å². The number of methoxy groups -OCH3 is 2. The number of benzene rings is 1. The first-order valence-electron chi connectivity index (χ1n) is 6.43. The van der Waals surface area contributed by atoms with Crippen molar-refractivity contribution in [1.29, 1.82) is 0 Å². The second-order valence-electron chi connectivity index (χ2n) is 4.02. The van der Waals surface area contributed by atoms with Crippen molar-refractivity contribution in [2.75, 3.05) is 34.0 Å². The van der Waals surface area contributed by atoms with E-state index in [1.54, 1.807) is 12.1 Å². The molecule has 0 saturated carbocycles. The van der Waals surface area contributed by atoms with Gasteiger partial charge in [0.1, 0.15) is 19.5 Å². The van der Waals surface area contributed by atoms with Crippen LogP contribution in [0.3, 0.4) is 0 Å². The molecule has 7 nitrogen and oxygen atoms in total. The minimum atomic E-state index is -1.05. The summed E-state index contributed by atoms with van der Waals surface area (Å²) in [5.74, 6) is 0.136. The van der Waals surface area contributed by atoms with Crippen LogP contribution in [0.1, 0.15) is 5.56 Å². The summed E-state index contributed by atoms with van der Waals surface area (Å²) >= 11 is 0. The molecule has 0 amide bonds. The average Bonchev–Trinajstić information content (AvgIpc) is 2.52. The monoisotopic (exact) mass is 310 g/mol. The van der Waals surface area contributed by atoms with E-state index in [0.29, 0.717) is 29.1 Å². The number of aliphatic carboxylic acids is 1. The molecule has 0 spiro atoms. The van der Waals surface area contributed by atoms with E-state index in [4.69, 9.17) is 24.1 Å².